The lowest BCUT2D eigenvalue weighted by Gasteiger charge is -1.87. The number of allylic oxidation sites excluding steroid dienone is 8. The van der Waals surface area contributed by atoms with Crippen molar-refractivity contribution >= 4 is 0 Å². The van der Waals surface area contributed by atoms with Crippen molar-refractivity contribution in [1.29, 1.82) is 0 Å². The van der Waals surface area contributed by atoms with E-state index in [1.165, 1.54) is 6.42 Å². The molecular formula is C13H17. The molecule has 0 aliphatic heterocycles. The predicted octanol–water partition coefficient (Wildman–Crippen LogP) is 3.98. The maximum Gasteiger partial charge on any atom is -0.0273 e. The van der Waals surface area contributed by atoms with E-state index >= 15 is 0 Å². The summed E-state index contributed by atoms with van der Waals surface area (Å²) >= 11 is 0. The first-order valence-corrected chi connectivity index (χ1v) is 5.03. The molecule has 1 aliphatic carbocycles. The van der Waals surface area contributed by atoms with E-state index < -0.39 is 0 Å². The van der Waals surface area contributed by atoms with E-state index in [1.807, 2.05) is 6.08 Å². The maximum atomic E-state index is 3.26. The predicted molar refractivity (Wildman–Crippen MR) is 58.3 cm³/mol. The van der Waals surface area contributed by atoms with Gasteiger partial charge in [-0.25, -0.2) is 0 Å². The second-order valence-corrected chi connectivity index (χ2v) is 3.12. The van der Waals surface area contributed by atoms with Crippen LogP contribution in [0.3, 0.4) is 0 Å². The van der Waals surface area contributed by atoms with Crippen LogP contribution in [0.4, 0.5) is 0 Å². The summed E-state index contributed by atoms with van der Waals surface area (Å²) in [4.78, 5) is 0. The Hall–Kier alpha value is -1.04. The normalized spacial score (nSPS) is 28.9. The summed E-state index contributed by atoms with van der Waals surface area (Å²) in [6, 6.07) is 0. The van der Waals surface area contributed by atoms with Crippen molar-refractivity contribution in [2.24, 2.45) is 0 Å². The quantitative estimate of drug-likeness (QED) is 0.520. The molecule has 1 aliphatic rings. The van der Waals surface area contributed by atoms with Gasteiger partial charge in [-0.15, -0.1) is 0 Å². The van der Waals surface area contributed by atoms with Crippen LogP contribution >= 0.6 is 0 Å². The van der Waals surface area contributed by atoms with Gasteiger partial charge in [-0.2, -0.15) is 0 Å². The number of rotatable bonds is 0. The summed E-state index contributed by atoms with van der Waals surface area (Å²) in [6.07, 6.45) is 24.0. The third kappa shape index (κ3) is 6.15. The summed E-state index contributed by atoms with van der Waals surface area (Å²) in [6.45, 7) is 0. The highest BCUT2D eigenvalue weighted by Gasteiger charge is 1.81. The molecule has 0 aromatic heterocycles. The molecule has 1 rings (SSSR count). The Morgan fingerprint density at radius 3 is 2.31 bits per heavy atom. The molecule has 0 N–H and O–H groups in total. The summed E-state index contributed by atoms with van der Waals surface area (Å²) in [5.41, 5.74) is 0. The van der Waals surface area contributed by atoms with Crippen LogP contribution < -0.4 is 0 Å². The highest BCUT2D eigenvalue weighted by molar-refractivity contribution is 5.05. The van der Waals surface area contributed by atoms with Crippen LogP contribution in [0.1, 0.15) is 32.1 Å². The monoisotopic (exact) mass is 173 g/mol. The van der Waals surface area contributed by atoms with E-state index in [-0.39, 0.29) is 0 Å². The van der Waals surface area contributed by atoms with Crippen LogP contribution in [-0.2, 0) is 0 Å². The fourth-order valence-corrected chi connectivity index (χ4v) is 1.18. The second kappa shape index (κ2) is 7.60. The number of hydrogen-bond donors (Lipinski definition) is 0. The van der Waals surface area contributed by atoms with Gasteiger partial charge in [0.1, 0.15) is 0 Å². The van der Waals surface area contributed by atoms with Gasteiger partial charge >= 0.3 is 0 Å². The molecular weight excluding hydrogens is 156 g/mol. The summed E-state index contributed by atoms with van der Waals surface area (Å²) in [5.74, 6) is 0. The Morgan fingerprint density at radius 2 is 1.46 bits per heavy atom. The van der Waals surface area contributed by atoms with Gasteiger partial charge in [0.15, 0.2) is 0 Å². The molecule has 69 valence electrons. The van der Waals surface area contributed by atoms with Crippen LogP contribution in [0.5, 0.6) is 0 Å². The minimum absolute atomic E-state index is 1.07. The van der Waals surface area contributed by atoms with Crippen molar-refractivity contribution in [2.45, 2.75) is 32.1 Å². The molecule has 0 aromatic rings. The molecule has 0 saturated heterocycles. The Balaban J connectivity index is 2.38. The van der Waals surface area contributed by atoms with Gasteiger partial charge in [-0.1, -0.05) is 42.5 Å². The van der Waals surface area contributed by atoms with Crippen LogP contribution in [0, 0.1) is 6.08 Å². The minimum Gasteiger partial charge on any atom is -0.0845 e. The lowest BCUT2D eigenvalue weighted by molar-refractivity contribution is 0.855. The van der Waals surface area contributed by atoms with Crippen molar-refractivity contribution in [2.75, 3.05) is 0 Å². The van der Waals surface area contributed by atoms with Crippen LogP contribution in [0.25, 0.3) is 0 Å². The van der Waals surface area contributed by atoms with E-state index in [0.29, 0.717) is 0 Å². The van der Waals surface area contributed by atoms with Crippen molar-refractivity contribution in [1.82, 2.24) is 0 Å². The zero-order valence-corrected chi connectivity index (χ0v) is 8.08. The molecule has 0 nitrogen and oxygen atoms in total. The Labute approximate surface area is 81.4 Å². The van der Waals surface area contributed by atoms with Gasteiger partial charge in [0.05, 0.1) is 0 Å². The van der Waals surface area contributed by atoms with E-state index in [4.69, 9.17) is 0 Å². The van der Waals surface area contributed by atoms with Gasteiger partial charge in [-0.05, 0) is 38.2 Å². The third-order valence-corrected chi connectivity index (χ3v) is 1.93. The minimum atomic E-state index is 1.07. The lowest BCUT2D eigenvalue weighted by atomic mass is 10.2. The maximum absolute atomic E-state index is 3.26. The molecule has 0 saturated carbocycles. The molecule has 0 aromatic carbocycles. The average Bonchev–Trinajstić information content (AvgIpc) is 2.18. The zero-order valence-electron chi connectivity index (χ0n) is 8.08. The second-order valence-electron chi connectivity index (χ2n) is 3.12. The Bertz CT molecular complexity index is 192. The fraction of sp³-hybridized carbons (Fsp3) is 0.385. The van der Waals surface area contributed by atoms with Crippen LogP contribution in [0.2, 0.25) is 0 Å². The third-order valence-electron chi connectivity index (χ3n) is 1.93. The van der Waals surface area contributed by atoms with Crippen LogP contribution in [-0.4, -0.2) is 0 Å². The summed E-state index contributed by atoms with van der Waals surface area (Å²) in [7, 11) is 0. The van der Waals surface area contributed by atoms with Gasteiger partial charge in [0.25, 0.3) is 0 Å². The molecule has 0 fully saturated rings. The summed E-state index contributed by atoms with van der Waals surface area (Å²) < 4.78 is 0. The first-order valence-electron chi connectivity index (χ1n) is 5.03. The highest BCUT2D eigenvalue weighted by Crippen LogP contribution is 2.00. The first-order chi connectivity index (χ1) is 6.50. The van der Waals surface area contributed by atoms with Gasteiger partial charge in [0.2, 0.25) is 0 Å². The van der Waals surface area contributed by atoms with E-state index in [0.717, 1.165) is 25.7 Å². The molecule has 0 heterocycles. The first kappa shape index (κ1) is 10.0. The Kier molecular flexibility index (Phi) is 5.87. The molecule has 0 heteroatoms. The highest BCUT2D eigenvalue weighted by atomic mass is 13.9. The molecule has 0 unspecified atom stereocenters. The van der Waals surface area contributed by atoms with Crippen LogP contribution in [0.15, 0.2) is 42.5 Å². The number of hydrogen-bond acceptors (Lipinski definition) is 0. The van der Waals surface area contributed by atoms with E-state index in [1.54, 1.807) is 0 Å². The van der Waals surface area contributed by atoms with Gasteiger partial charge < -0.3 is 0 Å². The van der Waals surface area contributed by atoms with Crippen molar-refractivity contribution < 1.29 is 0 Å². The summed E-state index contributed by atoms with van der Waals surface area (Å²) in [5, 5.41) is 0. The average molecular weight is 173 g/mol. The van der Waals surface area contributed by atoms with Gasteiger partial charge in [0, 0.05) is 0 Å². The fourth-order valence-electron chi connectivity index (χ4n) is 1.18. The molecule has 0 spiro atoms. The molecule has 1 radical (unpaired) electrons. The van der Waals surface area contributed by atoms with E-state index in [9.17, 15) is 0 Å². The molecule has 0 amide bonds. The zero-order chi connectivity index (χ0) is 9.19. The van der Waals surface area contributed by atoms with Crippen molar-refractivity contribution in [3.05, 3.63) is 48.6 Å². The molecule has 0 atom stereocenters. The molecule has 13 heavy (non-hydrogen) atoms. The van der Waals surface area contributed by atoms with Crippen molar-refractivity contribution in [3.63, 3.8) is 0 Å². The van der Waals surface area contributed by atoms with Crippen molar-refractivity contribution in [3.8, 4) is 0 Å². The van der Waals surface area contributed by atoms with Gasteiger partial charge in [-0.3, -0.25) is 0 Å². The molecule has 0 bridgehead atoms. The lowest BCUT2D eigenvalue weighted by Crippen LogP contribution is -1.68. The standard InChI is InChI=1S/C13H17/c1-2-4-6-8-10-12-13-11-9-7-5-3-1/h1-4,9,11,13H,5-8,10H2/b3-1-,4-2+,11-9-,13-12?. The Morgan fingerprint density at radius 1 is 0.769 bits per heavy atom. The van der Waals surface area contributed by atoms with E-state index in [2.05, 4.69) is 42.5 Å². The smallest absolute Gasteiger partial charge is 0.0273 e. The largest absolute Gasteiger partial charge is 0.0845 e. The topological polar surface area (TPSA) is 0 Å². The SMILES string of the molecule is [C]1=C/C=C\CC/C=C\C=C\CCC/1.